The van der Waals surface area contributed by atoms with Crippen LogP contribution in [0.15, 0.2) is 5.10 Å². The van der Waals surface area contributed by atoms with Crippen LogP contribution in [0.2, 0.25) is 0 Å². The van der Waals surface area contributed by atoms with Crippen molar-refractivity contribution in [1.29, 1.82) is 0 Å². The molecule has 1 aliphatic heterocycles. The minimum Gasteiger partial charge on any atom is -0.289 e. The maximum Gasteiger partial charge on any atom is 0.0501 e. The zero-order valence-corrected chi connectivity index (χ0v) is 8.18. The van der Waals surface area contributed by atoms with Crippen LogP contribution in [-0.4, -0.2) is 22.3 Å². The number of rotatable bonds is 0. The van der Waals surface area contributed by atoms with Gasteiger partial charge in [0.2, 0.25) is 0 Å². The number of nitrogens with zero attached hydrogens (tertiary/aromatic N) is 2. The van der Waals surface area contributed by atoms with E-state index in [1.54, 1.807) is 0 Å². The highest BCUT2D eigenvalue weighted by molar-refractivity contribution is 5.83. The molecule has 1 heterocycles. The first-order valence-corrected chi connectivity index (χ1v) is 4.24. The van der Waals surface area contributed by atoms with Gasteiger partial charge in [0.1, 0.15) is 0 Å². The van der Waals surface area contributed by atoms with Gasteiger partial charge in [-0.05, 0) is 34.6 Å². The molecule has 0 amide bonds. The van der Waals surface area contributed by atoms with E-state index in [2.05, 4.69) is 44.7 Å². The van der Waals surface area contributed by atoms with Crippen molar-refractivity contribution in [2.24, 2.45) is 5.10 Å². The number of hydrogen-bond donors (Lipinski definition) is 0. The van der Waals surface area contributed by atoms with Gasteiger partial charge in [0.15, 0.2) is 0 Å². The van der Waals surface area contributed by atoms with Crippen molar-refractivity contribution in [3.05, 3.63) is 0 Å². The summed E-state index contributed by atoms with van der Waals surface area (Å²) < 4.78 is 0. The third-order valence-corrected chi connectivity index (χ3v) is 1.97. The van der Waals surface area contributed by atoms with Gasteiger partial charge in [-0.3, -0.25) is 5.01 Å². The van der Waals surface area contributed by atoms with E-state index in [0.29, 0.717) is 6.04 Å². The highest BCUT2D eigenvalue weighted by Crippen LogP contribution is 2.24. The van der Waals surface area contributed by atoms with Crippen LogP contribution in [0.3, 0.4) is 0 Å². The van der Waals surface area contributed by atoms with Gasteiger partial charge in [0, 0.05) is 17.7 Å². The smallest absolute Gasteiger partial charge is 0.0501 e. The first kappa shape index (κ1) is 8.57. The van der Waals surface area contributed by atoms with Crippen molar-refractivity contribution < 1.29 is 0 Å². The van der Waals surface area contributed by atoms with Crippen LogP contribution in [0.1, 0.15) is 41.0 Å². The van der Waals surface area contributed by atoms with E-state index in [1.165, 1.54) is 5.71 Å². The van der Waals surface area contributed by atoms with Crippen LogP contribution in [0.4, 0.5) is 0 Å². The van der Waals surface area contributed by atoms with E-state index in [9.17, 15) is 0 Å². The molecule has 0 spiro atoms. The van der Waals surface area contributed by atoms with Gasteiger partial charge in [0.25, 0.3) is 0 Å². The zero-order valence-electron chi connectivity index (χ0n) is 8.18. The lowest BCUT2D eigenvalue weighted by Gasteiger charge is -2.34. The van der Waals surface area contributed by atoms with E-state index in [4.69, 9.17) is 0 Å². The lowest BCUT2D eigenvalue weighted by atomic mass is 10.1. The van der Waals surface area contributed by atoms with Crippen molar-refractivity contribution in [3.63, 3.8) is 0 Å². The molecule has 0 aromatic heterocycles. The van der Waals surface area contributed by atoms with E-state index in [-0.39, 0.29) is 5.54 Å². The molecule has 1 unspecified atom stereocenters. The number of hydrazone groups is 1. The van der Waals surface area contributed by atoms with Crippen molar-refractivity contribution in [2.45, 2.75) is 52.6 Å². The Balaban J connectivity index is 2.74. The second-order valence-corrected chi connectivity index (χ2v) is 4.40. The van der Waals surface area contributed by atoms with Gasteiger partial charge in [0.05, 0.1) is 6.04 Å². The topological polar surface area (TPSA) is 15.6 Å². The van der Waals surface area contributed by atoms with E-state index >= 15 is 0 Å². The molecule has 2 heteroatoms. The molecule has 0 N–H and O–H groups in total. The molecule has 0 radical (unpaired) electrons. The molecule has 0 fully saturated rings. The minimum absolute atomic E-state index is 0.178. The summed E-state index contributed by atoms with van der Waals surface area (Å²) in [5.41, 5.74) is 1.43. The van der Waals surface area contributed by atoms with Crippen LogP contribution in [0, 0.1) is 0 Å². The predicted molar refractivity (Wildman–Crippen MR) is 48.8 cm³/mol. The molecule has 0 saturated carbocycles. The Morgan fingerprint density at radius 2 is 2.00 bits per heavy atom. The predicted octanol–water partition coefficient (Wildman–Crippen LogP) is 2.25. The first-order valence-electron chi connectivity index (χ1n) is 4.24. The highest BCUT2D eigenvalue weighted by Gasteiger charge is 2.29. The van der Waals surface area contributed by atoms with Crippen molar-refractivity contribution >= 4 is 5.71 Å². The lowest BCUT2D eigenvalue weighted by Crippen LogP contribution is -2.40. The average Bonchev–Trinajstić information content (AvgIpc) is 2.08. The van der Waals surface area contributed by atoms with E-state index < -0.39 is 0 Å². The van der Waals surface area contributed by atoms with Crippen molar-refractivity contribution in [2.75, 3.05) is 0 Å². The van der Waals surface area contributed by atoms with Crippen LogP contribution in [0.5, 0.6) is 0 Å². The standard InChI is InChI=1S/C9H18N2/c1-7-6-8(2)11(10-7)9(3,4)5/h8H,6H2,1-5H3. The monoisotopic (exact) mass is 154 g/mol. The Bertz CT molecular complexity index is 176. The van der Waals surface area contributed by atoms with Crippen molar-refractivity contribution in [1.82, 2.24) is 5.01 Å². The molecule has 0 bridgehead atoms. The zero-order chi connectivity index (χ0) is 8.65. The van der Waals surface area contributed by atoms with Crippen LogP contribution >= 0.6 is 0 Å². The molecular weight excluding hydrogens is 136 g/mol. The Morgan fingerprint density at radius 3 is 2.18 bits per heavy atom. The Hall–Kier alpha value is -0.530. The van der Waals surface area contributed by atoms with Crippen LogP contribution in [0.25, 0.3) is 0 Å². The van der Waals surface area contributed by atoms with E-state index in [0.717, 1.165) is 6.42 Å². The molecule has 11 heavy (non-hydrogen) atoms. The van der Waals surface area contributed by atoms with Gasteiger partial charge in [-0.15, -0.1) is 0 Å². The fourth-order valence-corrected chi connectivity index (χ4v) is 1.65. The van der Waals surface area contributed by atoms with Crippen LogP contribution < -0.4 is 0 Å². The van der Waals surface area contributed by atoms with Gasteiger partial charge < -0.3 is 0 Å². The Labute approximate surface area is 69.3 Å². The maximum absolute atomic E-state index is 4.49. The SMILES string of the molecule is CC1=NN(C(C)(C)C)C(C)C1. The summed E-state index contributed by atoms with van der Waals surface area (Å²) in [5.74, 6) is 0. The molecule has 64 valence electrons. The quantitative estimate of drug-likeness (QED) is 0.522. The largest absolute Gasteiger partial charge is 0.289 e. The van der Waals surface area contributed by atoms with Crippen LogP contribution in [-0.2, 0) is 0 Å². The fraction of sp³-hybridized carbons (Fsp3) is 0.889. The Morgan fingerprint density at radius 1 is 1.45 bits per heavy atom. The third kappa shape index (κ3) is 1.73. The average molecular weight is 154 g/mol. The van der Waals surface area contributed by atoms with Gasteiger partial charge in [-0.25, -0.2) is 0 Å². The van der Waals surface area contributed by atoms with Crippen molar-refractivity contribution in [3.8, 4) is 0 Å². The molecule has 0 saturated heterocycles. The normalized spacial score (nSPS) is 25.7. The minimum atomic E-state index is 0.178. The second kappa shape index (κ2) is 2.50. The van der Waals surface area contributed by atoms with E-state index in [1.807, 2.05) is 0 Å². The summed E-state index contributed by atoms with van der Waals surface area (Å²) in [4.78, 5) is 0. The molecule has 1 rings (SSSR count). The molecule has 0 aliphatic carbocycles. The molecular formula is C9H18N2. The summed E-state index contributed by atoms with van der Waals surface area (Å²) in [7, 11) is 0. The number of hydrogen-bond acceptors (Lipinski definition) is 2. The first-order chi connectivity index (χ1) is 4.91. The lowest BCUT2D eigenvalue weighted by molar-refractivity contribution is 0.113. The fourth-order valence-electron chi connectivity index (χ4n) is 1.65. The molecule has 2 nitrogen and oxygen atoms in total. The van der Waals surface area contributed by atoms with Gasteiger partial charge >= 0.3 is 0 Å². The second-order valence-electron chi connectivity index (χ2n) is 4.40. The molecule has 1 atom stereocenters. The van der Waals surface area contributed by atoms with Gasteiger partial charge in [-0.2, -0.15) is 5.10 Å². The summed E-state index contributed by atoms with van der Waals surface area (Å²) >= 11 is 0. The molecule has 1 aliphatic rings. The summed E-state index contributed by atoms with van der Waals surface area (Å²) in [6.45, 7) is 10.9. The maximum atomic E-state index is 4.49. The summed E-state index contributed by atoms with van der Waals surface area (Å²) in [6, 6.07) is 0.579. The Kier molecular flexibility index (Phi) is 1.95. The third-order valence-electron chi connectivity index (χ3n) is 1.97. The summed E-state index contributed by atoms with van der Waals surface area (Å²) in [5, 5.41) is 6.69. The highest BCUT2D eigenvalue weighted by atomic mass is 15.5. The van der Waals surface area contributed by atoms with Gasteiger partial charge in [-0.1, -0.05) is 0 Å². The molecule has 0 aromatic rings. The summed E-state index contributed by atoms with van der Waals surface area (Å²) in [6.07, 6.45) is 1.12. The molecule has 0 aromatic carbocycles.